The van der Waals surface area contributed by atoms with Crippen molar-refractivity contribution in [3.63, 3.8) is 0 Å². The lowest BCUT2D eigenvalue weighted by Gasteiger charge is -2.04. The number of hydrogen-bond donors (Lipinski definition) is 0. The van der Waals surface area contributed by atoms with Gasteiger partial charge in [-0.1, -0.05) is 23.8 Å². The molecule has 0 unspecified atom stereocenters. The highest BCUT2D eigenvalue weighted by Gasteiger charge is 2.05. The summed E-state index contributed by atoms with van der Waals surface area (Å²) in [4.78, 5) is 12.9. The fourth-order valence-electron chi connectivity index (χ4n) is 1.65. The maximum Gasteiger partial charge on any atom is 0.311 e. The number of benzene rings is 1. The van der Waals surface area contributed by atoms with Gasteiger partial charge >= 0.3 is 5.97 Å². The SMILES string of the molecule is Cc1ccc(OC(=O)CCCc2cccs2)cc1. The van der Waals surface area contributed by atoms with Crippen LogP contribution in [0, 0.1) is 6.92 Å². The van der Waals surface area contributed by atoms with Crippen molar-refractivity contribution in [1.82, 2.24) is 0 Å². The molecule has 0 fully saturated rings. The van der Waals surface area contributed by atoms with Crippen LogP contribution in [0.3, 0.4) is 0 Å². The summed E-state index contributed by atoms with van der Waals surface area (Å²) in [5.74, 6) is 0.470. The first-order chi connectivity index (χ1) is 8.74. The van der Waals surface area contributed by atoms with Gasteiger partial charge in [0.15, 0.2) is 0 Å². The van der Waals surface area contributed by atoms with Gasteiger partial charge in [0.2, 0.25) is 0 Å². The van der Waals surface area contributed by atoms with Crippen LogP contribution < -0.4 is 4.74 Å². The second-order valence-corrected chi connectivity index (χ2v) is 5.25. The molecule has 0 atom stereocenters. The zero-order valence-electron chi connectivity index (χ0n) is 10.4. The van der Waals surface area contributed by atoms with Gasteiger partial charge < -0.3 is 4.74 Å². The first-order valence-corrected chi connectivity index (χ1v) is 6.92. The molecule has 2 aromatic rings. The summed E-state index contributed by atoms with van der Waals surface area (Å²) < 4.78 is 5.25. The van der Waals surface area contributed by atoms with E-state index in [9.17, 15) is 4.79 Å². The van der Waals surface area contributed by atoms with Gasteiger partial charge in [0.05, 0.1) is 0 Å². The van der Waals surface area contributed by atoms with E-state index in [1.807, 2.05) is 37.3 Å². The van der Waals surface area contributed by atoms with Crippen molar-refractivity contribution in [2.75, 3.05) is 0 Å². The van der Waals surface area contributed by atoms with Crippen LogP contribution in [0.5, 0.6) is 5.75 Å². The van der Waals surface area contributed by atoms with E-state index in [1.165, 1.54) is 4.88 Å². The molecule has 0 saturated heterocycles. The molecule has 0 aliphatic heterocycles. The van der Waals surface area contributed by atoms with Crippen LogP contribution in [-0.2, 0) is 11.2 Å². The van der Waals surface area contributed by atoms with E-state index in [0.717, 1.165) is 18.4 Å². The molecule has 94 valence electrons. The van der Waals surface area contributed by atoms with Crippen LogP contribution in [0.4, 0.5) is 0 Å². The number of hydrogen-bond acceptors (Lipinski definition) is 3. The molecule has 1 aromatic carbocycles. The minimum atomic E-state index is -0.157. The Bertz CT molecular complexity index is 486. The molecular weight excluding hydrogens is 244 g/mol. The molecule has 0 amide bonds. The molecule has 2 rings (SSSR count). The van der Waals surface area contributed by atoms with Gasteiger partial charge in [-0.3, -0.25) is 4.79 Å². The van der Waals surface area contributed by atoms with E-state index < -0.39 is 0 Å². The molecular formula is C15H16O2S. The summed E-state index contributed by atoms with van der Waals surface area (Å²) in [6, 6.07) is 11.7. The van der Waals surface area contributed by atoms with Crippen LogP contribution in [0.1, 0.15) is 23.3 Å². The van der Waals surface area contributed by atoms with Crippen molar-refractivity contribution in [2.24, 2.45) is 0 Å². The summed E-state index contributed by atoms with van der Waals surface area (Å²) in [7, 11) is 0. The second-order valence-electron chi connectivity index (χ2n) is 4.22. The normalized spacial score (nSPS) is 10.3. The summed E-state index contributed by atoms with van der Waals surface area (Å²) in [6.45, 7) is 2.01. The average molecular weight is 260 g/mol. The summed E-state index contributed by atoms with van der Waals surface area (Å²) >= 11 is 1.73. The first kappa shape index (κ1) is 12.8. The molecule has 0 aliphatic carbocycles. The van der Waals surface area contributed by atoms with Gasteiger partial charge in [0.25, 0.3) is 0 Å². The van der Waals surface area contributed by atoms with Crippen molar-refractivity contribution in [3.8, 4) is 5.75 Å². The van der Waals surface area contributed by atoms with Gasteiger partial charge in [0, 0.05) is 11.3 Å². The van der Waals surface area contributed by atoms with Crippen LogP contribution in [0.15, 0.2) is 41.8 Å². The highest BCUT2D eigenvalue weighted by molar-refractivity contribution is 7.09. The largest absolute Gasteiger partial charge is 0.427 e. The number of thiophene rings is 1. The molecule has 18 heavy (non-hydrogen) atoms. The molecule has 0 N–H and O–H groups in total. The van der Waals surface area contributed by atoms with E-state index in [-0.39, 0.29) is 5.97 Å². The van der Waals surface area contributed by atoms with E-state index in [2.05, 4.69) is 11.4 Å². The molecule has 1 aromatic heterocycles. The predicted molar refractivity (Wildman–Crippen MR) is 74.1 cm³/mol. The van der Waals surface area contributed by atoms with Crippen molar-refractivity contribution >= 4 is 17.3 Å². The molecule has 2 nitrogen and oxygen atoms in total. The predicted octanol–water partition coefficient (Wildman–Crippen LogP) is 3.98. The fraction of sp³-hybridized carbons (Fsp3) is 0.267. The number of carbonyl (C=O) groups excluding carboxylic acids is 1. The maximum atomic E-state index is 11.6. The fourth-order valence-corrected chi connectivity index (χ4v) is 2.40. The molecule has 1 heterocycles. The van der Waals surface area contributed by atoms with Gasteiger partial charge in [-0.15, -0.1) is 11.3 Å². The number of esters is 1. The first-order valence-electron chi connectivity index (χ1n) is 6.04. The van der Waals surface area contributed by atoms with Gasteiger partial charge in [0.1, 0.15) is 5.75 Å². The molecule has 0 radical (unpaired) electrons. The molecule has 3 heteroatoms. The van der Waals surface area contributed by atoms with Crippen molar-refractivity contribution in [3.05, 3.63) is 52.2 Å². The van der Waals surface area contributed by atoms with Gasteiger partial charge in [-0.2, -0.15) is 0 Å². The topological polar surface area (TPSA) is 26.3 Å². The number of ether oxygens (including phenoxy) is 1. The Hall–Kier alpha value is -1.61. The van der Waals surface area contributed by atoms with Gasteiger partial charge in [-0.05, 0) is 43.3 Å². The van der Waals surface area contributed by atoms with Crippen molar-refractivity contribution < 1.29 is 9.53 Å². The van der Waals surface area contributed by atoms with E-state index >= 15 is 0 Å². The van der Waals surface area contributed by atoms with E-state index in [1.54, 1.807) is 11.3 Å². The van der Waals surface area contributed by atoms with E-state index in [0.29, 0.717) is 12.2 Å². The number of aryl methyl sites for hydroxylation is 2. The zero-order chi connectivity index (χ0) is 12.8. The number of carbonyl (C=O) groups is 1. The monoisotopic (exact) mass is 260 g/mol. The third-order valence-corrected chi connectivity index (χ3v) is 3.57. The van der Waals surface area contributed by atoms with Crippen LogP contribution in [-0.4, -0.2) is 5.97 Å². The van der Waals surface area contributed by atoms with Crippen molar-refractivity contribution in [1.29, 1.82) is 0 Å². The summed E-state index contributed by atoms with van der Waals surface area (Å²) in [5.41, 5.74) is 1.16. The zero-order valence-corrected chi connectivity index (χ0v) is 11.2. The minimum Gasteiger partial charge on any atom is -0.427 e. The minimum absolute atomic E-state index is 0.157. The Labute approximate surface area is 111 Å². The lowest BCUT2D eigenvalue weighted by molar-refractivity contribution is -0.134. The lowest BCUT2D eigenvalue weighted by atomic mass is 10.2. The average Bonchev–Trinajstić information content (AvgIpc) is 2.85. The Balaban J connectivity index is 1.73. The Morgan fingerprint density at radius 1 is 1.22 bits per heavy atom. The Morgan fingerprint density at radius 3 is 2.67 bits per heavy atom. The highest BCUT2D eigenvalue weighted by atomic mass is 32.1. The van der Waals surface area contributed by atoms with Crippen LogP contribution in [0.2, 0.25) is 0 Å². The van der Waals surface area contributed by atoms with Crippen LogP contribution in [0.25, 0.3) is 0 Å². The third-order valence-electron chi connectivity index (χ3n) is 2.64. The highest BCUT2D eigenvalue weighted by Crippen LogP contribution is 2.14. The smallest absolute Gasteiger partial charge is 0.311 e. The lowest BCUT2D eigenvalue weighted by Crippen LogP contribution is -2.07. The summed E-state index contributed by atoms with van der Waals surface area (Å²) in [6.07, 6.45) is 2.25. The summed E-state index contributed by atoms with van der Waals surface area (Å²) in [5, 5.41) is 2.06. The quantitative estimate of drug-likeness (QED) is 0.600. The molecule has 0 saturated carbocycles. The molecule has 0 spiro atoms. The van der Waals surface area contributed by atoms with E-state index in [4.69, 9.17) is 4.74 Å². The molecule has 0 bridgehead atoms. The van der Waals surface area contributed by atoms with Gasteiger partial charge in [-0.25, -0.2) is 0 Å². The third kappa shape index (κ3) is 4.00. The molecule has 0 aliphatic rings. The number of rotatable bonds is 5. The standard InChI is InChI=1S/C15H16O2S/c1-12-7-9-13(10-8-12)17-15(16)6-2-4-14-5-3-11-18-14/h3,5,7-11H,2,4,6H2,1H3. The Morgan fingerprint density at radius 2 is 2.00 bits per heavy atom. The Kier molecular flexibility index (Phi) is 4.53. The van der Waals surface area contributed by atoms with Crippen molar-refractivity contribution in [2.45, 2.75) is 26.2 Å². The van der Waals surface area contributed by atoms with Crippen LogP contribution >= 0.6 is 11.3 Å². The maximum absolute atomic E-state index is 11.6. The second kappa shape index (κ2) is 6.36.